The van der Waals surface area contributed by atoms with Crippen LogP contribution in [0.25, 0.3) is 0 Å². The Balaban J connectivity index is 1.63. The highest BCUT2D eigenvalue weighted by atomic mass is 35.5. The van der Waals surface area contributed by atoms with E-state index in [4.69, 9.17) is 22.3 Å². The largest absolute Gasteiger partial charge is 0.326 e. The molecule has 3 aromatic rings. The predicted molar refractivity (Wildman–Crippen MR) is 114 cm³/mol. The zero-order valence-electron chi connectivity index (χ0n) is 15.8. The molecule has 0 bridgehead atoms. The van der Waals surface area contributed by atoms with Crippen molar-refractivity contribution < 1.29 is 0 Å². The van der Waals surface area contributed by atoms with Gasteiger partial charge in [0.05, 0.1) is 11.7 Å². The first-order valence-corrected chi connectivity index (χ1v) is 9.91. The minimum atomic E-state index is 0.00735. The molecular formula is C22H24ClN5. The van der Waals surface area contributed by atoms with E-state index in [1.807, 2.05) is 49.5 Å². The van der Waals surface area contributed by atoms with Crippen molar-refractivity contribution in [2.45, 2.75) is 38.4 Å². The quantitative estimate of drug-likeness (QED) is 0.551. The van der Waals surface area contributed by atoms with Gasteiger partial charge in [0.15, 0.2) is 0 Å². The predicted octanol–water partition coefficient (Wildman–Crippen LogP) is 4.48. The highest BCUT2D eigenvalue weighted by Gasteiger charge is 2.28. The first-order valence-electron chi connectivity index (χ1n) is 9.53. The zero-order chi connectivity index (χ0) is 19.5. The number of hydrogen-bond acceptors (Lipinski definition) is 5. The van der Waals surface area contributed by atoms with Gasteiger partial charge >= 0.3 is 0 Å². The van der Waals surface area contributed by atoms with Crippen LogP contribution in [-0.2, 0) is 6.54 Å². The van der Waals surface area contributed by atoms with E-state index >= 15 is 0 Å². The third-order valence-electron chi connectivity index (χ3n) is 4.91. The first-order chi connectivity index (χ1) is 13.6. The standard InChI is InChI=1S/C22H24ClN5/c1-14-13-25-22(27-19-8-2-15(12-24)3-9-19)28-20(14)21(26-18-10-11-18)16-4-6-17(23)7-5-16/h2-9,13,18,21,26H,10-12,24H2,1H3,(H,25,27,28). The van der Waals surface area contributed by atoms with E-state index in [0.717, 1.165) is 33.1 Å². The van der Waals surface area contributed by atoms with Crippen LogP contribution in [0.2, 0.25) is 5.02 Å². The van der Waals surface area contributed by atoms with Gasteiger partial charge in [-0.15, -0.1) is 0 Å². The summed E-state index contributed by atoms with van der Waals surface area (Å²) in [4.78, 5) is 9.31. The summed E-state index contributed by atoms with van der Waals surface area (Å²) >= 11 is 6.08. The molecule has 1 aromatic heterocycles. The minimum Gasteiger partial charge on any atom is -0.326 e. The lowest BCUT2D eigenvalue weighted by Crippen LogP contribution is -2.26. The molecule has 1 heterocycles. The highest BCUT2D eigenvalue weighted by molar-refractivity contribution is 6.30. The maximum atomic E-state index is 6.08. The molecule has 0 spiro atoms. The molecule has 0 aliphatic heterocycles. The summed E-state index contributed by atoms with van der Waals surface area (Å²) in [6, 6.07) is 16.5. The number of rotatable bonds is 7. The molecule has 1 aliphatic carbocycles. The first kappa shape index (κ1) is 18.9. The Bertz CT molecular complexity index is 936. The summed E-state index contributed by atoms with van der Waals surface area (Å²) in [7, 11) is 0. The van der Waals surface area contributed by atoms with Crippen molar-refractivity contribution >= 4 is 23.2 Å². The number of halogens is 1. The van der Waals surface area contributed by atoms with Crippen LogP contribution in [0, 0.1) is 6.92 Å². The van der Waals surface area contributed by atoms with Crippen molar-refractivity contribution in [3.8, 4) is 0 Å². The Hall–Kier alpha value is -2.47. The number of nitrogens with zero attached hydrogens (tertiary/aromatic N) is 2. The summed E-state index contributed by atoms with van der Waals surface area (Å²) in [5, 5.41) is 7.74. The molecule has 0 saturated heterocycles. The van der Waals surface area contributed by atoms with Gasteiger partial charge in [-0.25, -0.2) is 9.97 Å². The molecule has 4 N–H and O–H groups in total. The molecule has 1 fully saturated rings. The van der Waals surface area contributed by atoms with Gasteiger partial charge in [-0.3, -0.25) is 0 Å². The fraction of sp³-hybridized carbons (Fsp3) is 0.273. The summed E-state index contributed by atoms with van der Waals surface area (Å²) < 4.78 is 0. The molecule has 1 unspecified atom stereocenters. The van der Waals surface area contributed by atoms with Crippen molar-refractivity contribution in [2.24, 2.45) is 5.73 Å². The molecule has 2 aromatic carbocycles. The van der Waals surface area contributed by atoms with E-state index in [1.165, 1.54) is 12.8 Å². The Morgan fingerprint density at radius 1 is 1.11 bits per heavy atom. The number of anilines is 2. The Morgan fingerprint density at radius 3 is 2.46 bits per heavy atom. The molecule has 4 rings (SSSR count). The Morgan fingerprint density at radius 2 is 1.82 bits per heavy atom. The normalized spacial score (nSPS) is 14.7. The van der Waals surface area contributed by atoms with E-state index in [2.05, 4.69) is 27.8 Å². The van der Waals surface area contributed by atoms with E-state index in [1.54, 1.807) is 0 Å². The molecule has 1 saturated carbocycles. The van der Waals surface area contributed by atoms with Crippen LogP contribution in [0.5, 0.6) is 0 Å². The lowest BCUT2D eigenvalue weighted by atomic mass is 10.0. The van der Waals surface area contributed by atoms with E-state index in [9.17, 15) is 0 Å². The number of hydrogen-bond donors (Lipinski definition) is 3. The van der Waals surface area contributed by atoms with Crippen LogP contribution < -0.4 is 16.4 Å². The van der Waals surface area contributed by atoms with Crippen LogP contribution in [0.1, 0.15) is 41.3 Å². The zero-order valence-corrected chi connectivity index (χ0v) is 16.6. The minimum absolute atomic E-state index is 0.00735. The van der Waals surface area contributed by atoms with Crippen molar-refractivity contribution in [1.29, 1.82) is 0 Å². The van der Waals surface area contributed by atoms with Crippen LogP contribution in [-0.4, -0.2) is 16.0 Å². The van der Waals surface area contributed by atoms with Crippen molar-refractivity contribution in [3.05, 3.63) is 82.1 Å². The monoisotopic (exact) mass is 393 g/mol. The van der Waals surface area contributed by atoms with Gasteiger partial charge in [0.1, 0.15) is 0 Å². The third kappa shape index (κ3) is 4.50. The maximum absolute atomic E-state index is 6.08. The third-order valence-corrected chi connectivity index (χ3v) is 5.17. The van der Waals surface area contributed by atoms with Crippen molar-refractivity contribution in [1.82, 2.24) is 15.3 Å². The lowest BCUT2D eigenvalue weighted by molar-refractivity contribution is 0.584. The van der Waals surface area contributed by atoms with Crippen LogP contribution in [0.15, 0.2) is 54.7 Å². The second-order valence-electron chi connectivity index (χ2n) is 7.21. The van der Waals surface area contributed by atoms with Gasteiger partial charge in [-0.1, -0.05) is 35.9 Å². The van der Waals surface area contributed by atoms with E-state index in [-0.39, 0.29) is 6.04 Å². The molecule has 0 radical (unpaired) electrons. The number of aromatic nitrogens is 2. The average molecular weight is 394 g/mol. The second-order valence-corrected chi connectivity index (χ2v) is 7.65. The molecule has 28 heavy (non-hydrogen) atoms. The van der Waals surface area contributed by atoms with Gasteiger partial charge < -0.3 is 16.4 Å². The summed E-state index contributed by atoms with van der Waals surface area (Å²) in [6.07, 6.45) is 4.27. The van der Waals surface area contributed by atoms with Crippen LogP contribution in [0.3, 0.4) is 0 Å². The SMILES string of the molecule is Cc1cnc(Nc2ccc(CN)cc2)nc1C(NC1CC1)c1ccc(Cl)cc1. The fourth-order valence-electron chi connectivity index (χ4n) is 3.13. The topological polar surface area (TPSA) is 75.9 Å². The molecule has 144 valence electrons. The molecule has 6 heteroatoms. The molecule has 1 atom stereocenters. The van der Waals surface area contributed by atoms with Gasteiger partial charge in [0.2, 0.25) is 5.95 Å². The van der Waals surface area contributed by atoms with E-state index < -0.39 is 0 Å². The number of aryl methyl sites for hydroxylation is 1. The second kappa shape index (κ2) is 8.27. The maximum Gasteiger partial charge on any atom is 0.227 e. The number of benzene rings is 2. The number of nitrogens with one attached hydrogen (secondary N) is 2. The lowest BCUT2D eigenvalue weighted by Gasteiger charge is -2.21. The van der Waals surface area contributed by atoms with Crippen molar-refractivity contribution in [3.63, 3.8) is 0 Å². The summed E-state index contributed by atoms with van der Waals surface area (Å²) in [5.74, 6) is 0.581. The van der Waals surface area contributed by atoms with Crippen molar-refractivity contribution in [2.75, 3.05) is 5.32 Å². The molecule has 0 amide bonds. The highest BCUT2D eigenvalue weighted by Crippen LogP contribution is 2.30. The summed E-state index contributed by atoms with van der Waals surface area (Å²) in [6.45, 7) is 2.58. The molecule has 1 aliphatic rings. The van der Waals surface area contributed by atoms with Gasteiger partial charge in [-0.2, -0.15) is 0 Å². The van der Waals surface area contributed by atoms with Gasteiger partial charge in [0.25, 0.3) is 0 Å². The molecule has 5 nitrogen and oxygen atoms in total. The Labute approximate surface area is 170 Å². The van der Waals surface area contributed by atoms with Gasteiger partial charge in [0, 0.05) is 29.5 Å². The fourth-order valence-corrected chi connectivity index (χ4v) is 3.26. The summed E-state index contributed by atoms with van der Waals surface area (Å²) in [5.41, 5.74) is 10.9. The average Bonchev–Trinajstić information content (AvgIpc) is 3.53. The number of nitrogens with two attached hydrogens (primary N) is 1. The van der Waals surface area contributed by atoms with E-state index in [0.29, 0.717) is 18.5 Å². The molecular weight excluding hydrogens is 370 g/mol. The smallest absolute Gasteiger partial charge is 0.227 e. The van der Waals surface area contributed by atoms with Gasteiger partial charge in [-0.05, 0) is 60.7 Å². The van der Waals surface area contributed by atoms with Crippen LogP contribution in [0.4, 0.5) is 11.6 Å². The Kier molecular flexibility index (Phi) is 5.57. The van der Waals surface area contributed by atoms with Crippen LogP contribution >= 0.6 is 11.6 Å².